The molecule has 1 aromatic heterocycles. The zero-order valence-corrected chi connectivity index (χ0v) is 18.3. The minimum absolute atomic E-state index is 0.000329. The van der Waals surface area contributed by atoms with E-state index in [-0.39, 0.29) is 36.8 Å². The number of ether oxygens (including phenoxy) is 1. The number of anilines is 1. The molecule has 2 aliphatic rings. The number of nitrogens with zero attached hydrogens (tertiary/aromatic N) is 2. The smallest absolute Gasteiger partial charge is 0.407 e. The number of amides is 2. The number of hydrogen-bond acceptors (Lipinski definition) is 5. The zero-order chi connectivity index (χ0) is 23.7. The van der Waals surface area contributed by atoms with E-state index in [0.717, 1.165) is 11.1 Å². The van der Waals surface area contributed by atoms with Crippen LogP contribution in [0.1, 0.15) is 23.5 Å². The number of carbonyl (C=O) groups is 3. The number of aromatic nitrogens is 2. The molecule has 2 aromatic carbocycles. The average Bonchev–Trinajstić information content (AvgIpc) is 3.38. The summed E-state index contributed by atoms with van der Waals surface area (Å²) >= 11 is 0. The van der Waals surface area contributed by atoms with Gasteiger partial charge in [-0.1, -0.05) is 48.5 Å². The Labute approximate surface area is 195 Å². The lowest BCUT2D eigenvalue weighted by Crippen LogP contribution is -2.29. The van der Waals surface area contributed by atoms with Gasteiger partial charge in [-0.2, -0.15) is 5.10 Å². The molecule has 174 valence electrons. The summed E-state index contributed by atoms with van der Waals surface area (Å²) in [7, 11) is 0. The van der Waals surface area contributed by atoms with Crippen molar-refractivity contribution in [3.8, 4) is 11.1 Å². The molecule has 9 nitrogen and oxygen atoms in total. The van der Waals surface area contributed by atoms with Crippen molar-refractivity contribution in [2.45, 2.75) is 18.9 Å². The van der Waals surface area contributed by atoms with Crippen LogP contribution in [0.25, 0.3) is 11.1 Å². The van der Waals surface area contributed by atoms with Crippen molar-refractivity contribution in [2.24, 2.45) is 11.8 Å². The lowest BCUT2D eigenvalue weighted by atomic mass is 9.98. The van der Waals surface area contributed by atoms with Crippen molar-refractivity contribution in [3.05, 3.63) is 72.1 Å². The summed E-state index contributed by atoms with van der Waals surface area (Å²) in [6, 6.07) is 16.3. The number of carboxylic acid groups (broad SMARTS) is 1. The zero-order valence-electron chi connectivity index (χ0n) is 18.3. The van der Waals surface area contributed by atoms with Gasteiger partial charge in [-0.3, -0.25) is 14.3 Å². The molecule has 2 unspecified atom stereocenters. The maximum atomic E-state index is 12.4. The maximum absolute atomic E-state index is 12.4. The Hall–Kier alpha value is -4.14. The van der Waals surface area contributed by atoms with E-state index in [9.17, 15) is 14.4 Å². The Kier molecular flexibility index (Phi) is 5.75. The highest BCUT2D eigenvalue weighted by Crippen LogP contribution is 2.44. The highest BCUT2D eigenvalue weighted by Gasteiger charge is 2.43. The second kappa shape index (κ2) is 9.01. The number of hydrogen-bond donors (Lipinski definition) is 3. The van der Waals surface area contributed by atoms with E-state index >= 15 is 0 Å². The summed E-state index contributed by atoms with van der Waals surface area (Å²) in [5, 5.41) is 18.2. The number of alkyl carbamates (subject to hydrolysis) is 1. The molecule has 0 spiro atoms. The molecular weight excluding hydrogens is 436 g/mol. The molecule has 0 radical (unpaired) electrons. The molecule has 0 saturated heterocycles. The van der Waals surface area contributed by atoms with Gasteiger partial charge in [0.15, 0.2) is 0 Å². The third-order valence-corrected chi connectivity index (χ3v) is 6.31. The van der Waals surface area contributed by atoms with E-state index in [1.54, 1.807) is 0 Å². The Morgan fingerprint density at radius 3 is 2.41 bits per heavy atom. The molecule has 2 aliphatic carbocycles. The third-order valence-electron chi connectivity index (χ3n) is 6.31. The second-order valence-electron chi connectivity index (χ2n) is 8.62. The molecule has 1 fully saturated rings. The number of aliphatic carboxylic acids is 1. The monoisotopic (exact) mass is 460 g/mol. The number of carbonyl (C=O) groups excluding carboxylic acids is 2. The van der Waals surface area contributed by atoms with Gasteiger partial charge in [0.05, 0.1) is 11.9 Å². The normalized spacial score (nSPS) is 18.0. The number of nitrogens with one attached hydrogen (secondary N) is 2. The fourth-order valence-corrected chi connectivity index (χ4v) is 4.55. The summed E-state index contributed by atoms with van der Waals surface area (Å²) in [5.41, 5.74) is 5.10. The largest absolute Gasteiger partial charge is 0.480 e. The first-order valence-corrected chi connectivity index (χ1v) is 11.1. The van der Waals surface area contributed by atoms with Crippen LogP contribution in [0, 0.1) is 11.8 Å². The molecule has 3 aromatic rings. The maximum Gasteiger partial charge on any atom is 0.407 e. The molecule has 34 heavy (non-hydrogen) atoms. The molecule has 0 bridgehead atoms. The summed E-state index contributed by atoms with van der Waals surface area (Å²) in [5.74, 6) is -1.36. The van der Waals surface area contributed by atoms with Crippen molar-refractivity contribution in [2.75, 3.05) is 18.5 Å². The molecule has 5 rings (SSSR count). The number of fused-ring (bicyclic) bond motifs is 3. The number of carboxylic acids is 1. The summed E-state index contributed by atoms with van der Waals surface area (Å²) in [4.78, 5) is 35.4. The summed E-state index contributed by atoms with van der Waals surface area (Å²) < 4.78 is 6.77. The molecule has 1 heterocycles. The van der Waals surface area contributed by atoms with Crippen LogP contribution in [0.3, 0.4) is 0 Å². The van der Waals surface area contributed by atoms with Crippen LogP contribution in [0.15, 0.2) is 60.9 Å². The summed E-state index contributed by atoms with van der Waals surface area (Å²) in [6.45, 7) is 0.327. The van der Waals surface area contributed by atoms with Gasteiger partial charge in [-0.25, -0.2) is 4.79 Å². The van der Waals surface area contributed by atoms with Crippen LogP contribution in [-0.4, -0.2) is 46.0 Å². The SMILES string of the molecule is O=C(O)Cn1cc(NC(=O)C2CC2CNC(=O)OCC2c3ccccc3-c3ccccc32)cn1. The minimum atomic E-state index is -1.01. The first kappa shape index (κ1) is 21.7. The molecule has 0 aliphatic heterocycles. The van der Waals surface area contributed by atoms with E-state index in [1.165, 1.54) is 28.2 Å². The standard InChI is InChI=1S/C25H24N4O5/c30-23(31)13-29-12-16(11-27-29)28-24(32)21-9-15(21)10-26-25(33)34-14-22-19-7-3-1-5-17(19)18-6-2-4-8-20(18)22/h1-8,11-12,15,21-22H,9-10,13-14H2,(H,26,33)(H,28,32)(H,30,31). The predicted molar refractivity (Wildman–Crippen MR) is 123 cm³/mol. The Bertz CT molecular complexity index is 1210. The third kappa shape index (κ3) is 4.50. The fraction of sp³-hybridized carbons (Fsp3) is 0.280. The highest BCUT2D eigenvalue weighted by atomic mass is 16.5. The average molecular weight is 460 g/mol. The predicted octanol–water partition coefficient (Wildman–Crippen LogP) is 3.08. The van der Waals surface area contributed by atoms with Gasteiger partial charge < -0.3 is 20.5 Å². The topological polar surface area (TPSA) is 123 Å². The molecule has 2 atom stereocenters. The Balaban J connectivity index is 1.08. The number of benzene rings is 2. The molecule has 9 heteroatoms. The van der Waals surface area contributed by atoms with Crippen LogP contribution < -0.4 is 10.6 Å². The van der Waals surface area contributed by atoms with E-state index in [2.05, 4.69) is 40.0 Å². The van der Waals surface area contributed by atoms with Crippen LogP contribution in [0.5, 0.6) is 0 Å². The van der Waals surface area contributed by atoms with Crippen LogP contribution >= 0.6 is 0 Å². The van der Waals surface area contributed by atoms with Gasteiger partial charge in [0, 0.05) is 24.6 Å². The first-order valence-electron chi connectivity index (χ1n) is 11.1. The fourth-order valence-electron chi connectivity index (χ4n) is 4.55. The van der Waals surface area contributed by atoms with Crippen molar-refractivity contribution >= 4 is 23.7 Å². The quantitative estimate of drug-likeness (QED) is 0.475. The lowest BCUT2D eigenvalue weighted by Gasteiger charge is -2.14. The summed E-state index contributed by atoms with van der Waals surface area (Å²) in [6.07, 6.45) is 3.05. The van der Waals surface area contributed by atoms with Gasteiger partial charge in [-0.05, 0) is 34.6 Å². The van der Waals surface area contributed by atoms with E-state index < -0.39 is 12.1 Å². The van der Waals surface area contributed by atoms with Crippen LogP contribution in [-0.2, 0) is 20.9 Å². The second-order valence-corrected chi connectivity index (χ2v) is 8.62. The van der Waals surface area contributed by atoms with Gasteiger partial charge >= 0.3 is 12.1 Å². The molecule has 3 N–H and O–H groups in total. The highest BCUT2D eigenvalue weighted by molar-refractivity contribution is 5.94. The van der Waals surface area contributed by atoms with Gasteiger partial charge in [0.25, 0.3) is 0 Å². The van der Waals surface area contributed by atoms with Gasteiger partial charge in [0.1, 0.15) is 13.2 Å². The van der Waals surface area contributed by atoms with Crippen LogP contribution in [0.2, 0.25) is 0 Å². The van der Waals surface area contributed by atoms with Crippen molar-refractivity contribution in [1.29, 1.82) is 0 Å². The van der Waals surface area contributed by atoms with Crippen molar-refractivity contribution in [1.82, 2.24) is 15.1 Å². The van der Waals surface area contributed by atoms with E-state index in [4.69, 9.17) is 9.84 Å². The number of rotatable bonds is 8. The van der Waals surface area contributed by atoms with Crippen molar-refractivity contribution in [3.63, 3.8) is 0 Å². The first-order chi connectivity index (χ1) is 16.5. The van der Waals surface area contributed by atoms with E-state index in [1.807, 2.05) is 24.3 Å². The van der Waals surface area contributed by atoms with E-state index in [0.29, 0.717) is 18.7 Å². The Morgan fingerprint density at radius 2 is 1.74 bits per heavy atom. The molecule has 1 saturated carbocycles. The Morgan fingerprint density at radius 1 is 1.06 bits per heavy atom. The molecular formula is C25H24N4O5. The lowest BCUT2D eigenvalue weighted by molar-refractivity contribution is -0.137. The van der Waals surface area contributed by atoms with Crippen LogP contribution in [0.4, 0.5) is 10.5 Å². The van der Waals surface area contributed by atoms with Gasteiger partial charge in [0.2, 0.25) is 5.91 Å². The van der Waals surface area contributed by atoms with Crippen molar-refractivity contribution < 1.29 is 24.2 Å². The minimum Gasteiger partial charge on any atom is -0.480 e. The van der Waals surface area contributed by atoms with Gasteiger partial charge in [-0.15, -0.1) is 0 Å². The molecule has 2 amide bonds.